The molecule has 2 amide bonds. The Bertz CT molecular complexity index is 1430. The van der Waals surface area contributed by atoms with Gasteiger partial charge in [-0.05, 0) is 62.4 Å². The second kappa shape index (κ2) is 11.5. The number of nitrogens with one attached hydrogen (secondary N) is 2. The second-order valence-electron chi connectivity index (χ2n) is 10.6. The molecule has 1 unspecified atom stereocenters. The number of unbranched alkanes of at least 4 members (excludes halogenated alkanes) is 3. The highest BCUT2D eigenvalue weighted by Gasteiger charge is 2.36. The van der Waals surface area contributed by atoms with Crippen LogP contribution >= 0.6 is 0 Å². The number of aromatic nitrogens is 1. The van der Waals surface area contributed by atoms with Gasteiger partial charge in [-0.15, -0.1) is 0 Å². The number of alkyl halides is 3. The highest BCUT2D eigenvalue weighted by molar-refractivity contribution is 6.21. The minimum absolute atomic E-state index is 0.0432. The molecule has 3 aromatic rings. The van der Waals surface area contributed by atoms with Crippen molar-refractivity contribution in [3.05, 3.63) is 81.1 Å². The van der Waals surface area contributed by atoms with Gasteiger partial charge in [0.25, 0.3) is 11.8 Å². The van der Waals surface area contributed by atoms with E-state index in [0.717, 1.165) is 32.1 Å². The Hall–Kier alpha value is -3.50. The van der Waals surface area contributed by atoms with Gasteiger partial charge in [-0.3, -0.25) is 19.3 Å². The quantitative estimate of drug-likeness (QED) is 0.251. The molecule has 212 valence electrons. The number of hydrogen-bond acceptors (Lipinski definition) is 5. The van der Waals surface area contributed by atoms with E-state index in [-0.39, 0.29) is 34.8 Å². The summed E-state index contributed by atoms with van der Waals surface area (Å²) in [6.07, 6.45) is -0.288. The number of pyridine rings is 1. The van der Waals surface area contributed by atoms with Crippen molar-refractivity contribution < 1.29 is 27.5 Å². The summed E-state index contributed by atoms with van der Waals surface area (Å²) in [5.41, 5.74) is -0.101. The van der Waals surface area contributed by atoms with Crippen molar-refractivity contribution >= 4 is 22.7 Å². The van der Waals surface area contributed by atoms with E-state index in [2.05, 4.69) is 17.2 Å². The number of nitrogens with zero attached hydrogens (tertiary/aromatic N) is 1. The molecule has 0 aliphatic carbocycles. The van der Waals surface area contributed by atoms with Crippen molar-refractivity contribution in [3.63, 3.8) is 0 Å². The summed E-state index contributed by atoms with van der Waals surface area (Å²) in [6.45, 7) is 2.85. The van der Waals surface area contributed by atoms with E-state index in [0.29, 0.717) is 42.3 Å². The average molecular weight is 556 g/mol. The van der Waals surface area contributed by atoms with E-state index in [4.69, 9.17) is 4.74 Å². The number of carbonyl (C=O) groups excluding carboxylic acids is 2. The molecule has 2 aromatic carbocycles. The fourth-order valence-electron chi connectivity index (χ4n) is 5.71. The highest BCUT2D eigenvalue weighted by Crippen LogP contribution is 2.36. The third-order valence-corrected chi connectivity index (χ3v) is 7.73. The number of imide groups is 1. The number of ether oxygens (including phenoxy) is 1. The van der Waals surface area contributed by atoms with E-state index in [1.165, 1.54) is 17.0 Å². The maximum absolute atomic E-state index is 13.7. The van der Waals surface area contributed by atoms with Gasteiger partial charge in [-0.2, -0.15) is 13.2 Å². The lowest BCUT2D eigenvalue weighted by Crippen LogP contribution is -2.34. The molecule has 3 heterocycles. The third-order valence-electron chi connectivity index (χ3n) is 7.73. The monoisotopic (exact) mass is 555 g/mol. The second-order valence-corrected chi connectivity index (χ2v) is 10.6. The Balaban J connectivity index is 1.19. The average Bonchev–Trinajstić information content (AvgIpc) is 3.45. The molecular formula is C30H32F3N3O4. The Kier molecular flexibility index (Phi) is 8.09. The van der Waals surface area contributed by atoms with Crippen LogP contribution in [0.4, 0.5) is 13.2 Å². The van der Waals surface area contributed by atoms with Crippen LogP contribution in [0.15, 0.2) is 53.3 Å². The molecule has 1 aromatic heterocycles. The first-order valence-electron chi connectivity index (χ1n) is 13.7. The fourth-order valence-corrected chi connectivity index (χ4v) is 5.71. The third kappa shape index (κ3) is 5.83. The van der Waals surface area contributed by atoms with E-state index < -0.39 is 23.4 Å². The largest absolute Gasteiger partial charge is 0.417 e. The van der Waals surface area contributed by atoms with E-state index in [1.54, 1.807) is 30.3 Å². The maximum Gasteiger partial charge on any atom is 0.417 e. The van der Waals surface area contributed by atoms with Gasteiger partial charge in [0.15, 0.2) is 0 Å². The SMILES string of the molecule is C[C@@H]1CC[C@H](C(OCCCCCCN2C(=O)c3ccccc3C2=O)c2ccc3[nH]c(=O)cc(C(F)(F)F)c3c2)N1. The lowest BCUT2D eigenvalue weighted by Gasteiger charge is -2.26. The standard InChI is InChI=1S/C30H32F3N3O4/c1-18-10-12-25(34-18)27(19-11-13-24-22(16-19)23(30(31,32)33)17-26(37)35-24)40-15-7-3-2-6-14-36-28(38)20-8-4-5-9-21(20)29(36)39/h4-5,8-9,11,13,16-18,25,27,34H,2-3,6-7,10,12,14-15H2,1H3,(H,35,37)/t18-,25-,27?/m1/s1. The Morgan fingerprint density at radius 1 is 0.950 bits per heavy atom. The zero-order valence-electron chi connectivity index (χ0n) is 22.2. The Labute approximate surface area is 229 Å². The number of aromatic amines is 1. The molecule has 1 fully saturated rings. The summed E-state index contributed by atoms with van der Waals surface area (Å²) in [4.78, 5) is 40.6. The predicted octanol–water partition coefficient (Wildman–Crippen LogP) is 5.60. The number of rotatable bonds is 10. The van der Waals surface area contributed by atoms with Crippen LogP contribution in [0.3, 0.4) is 0 Å². The summed E-state index contributed by atoms with van der Waals surface area (Å²) >= 11 is 0. The van der Waals surface area contributed by atoms with Gasteiger partial charge in [0.2, 0.25) is 5.56 Å². The van der Waals surface area contributed by atoms with E-state index in [1.807, 2.05) is 0 Å². The summed E-state index contributed by atoms with van der Waals surface area (Å²) < 4.78 is 47.4. The molecule has 0 bridgehead atoms. The summed E-state index contributed by atoms with van der Waals surface area (Å²) in [7, 11) is 0. The topological polar surface area (TPSA) is 91.5 Å². The molecule has 2 N–H and O–H groups in total. The van der Waals surface area contributed by atoms with Crippen LogP contribution in [0, 0.1) is 0 Å². The minimum Gasteiger partial charge on any atom is -0.372 e. The van der Waals surface area contributed by atoms with Gasteiger partial charge in [0, 0.05) is 42.2 Å². The number of hydrogen-bond donors (Lipinski definition) is 2. The lowest BCUT2D eigenvalue weighted by atomic mass is 9.97. The molecular weight excluding hydrogens is 523 g/mol. The first-order valence-corrected chi connectivity index (χ1v) is 13.7. The molecule has 5 rings (SSSR count). The van der Waals surface area contributed by atoms with Crippen molar-refractivity contribution in [2.45, 2.75) is 69.8 Å². The first kappa shape index (κ1) is 28.0. The first-order chi connectivity index (χ1) is 19.1. The zero-order chi connectivity index (χ0) is 28.4. The minimum atomic E-state index is -4.66. The van der Waals surface area contributed by atoms with Crippen molar-refractivity contribution in [1.29, 1.82) is 0 Å². The van der Waals surface area contributed by atoms with Gasteiger partial charge >= 0.3 is 6.18 Å². The number of halogens is 3. The number of benzene rings is 2. The normalized spacial score (nSPS) is 19.9. The number of H-pyrrole nitrogens is 1. The smallest absolute Gasteiger partial charge is 0.372 e. The molecule has 3 atom stereocenters. The van der Waals surface area contributed by atoms with Crippen LogP contribution in [0.25, 0.3) is 10.9 Å². The maximum atomic E-state index is 13.7. The Morgan fingerprint density at radius 3 is 2.30 bits per heavy atom. The molecule has 0 spiro atoms. The summed E-state index contributed by atoms with van der Waals surface area (Å²) in [5, 5.41) is 3.43. The van der Waals surface area contributed by atoms with Crippen LogP contribution < -0.4 is 10.9 Å². The van der Waals surface area contributed by atoms with Crippen molar-refractivity contribution in [3.8, 4) is 0 Å². The number of fused-ring (bicyclic) bond motifs is 2. The van der Waals surface area contributed by atoms with Gasteiger partial charge in [-0.1, -0.05) is 31.0 Å². The van der Waals surface area contributed by atoms with Crippen LogP contribution in [-0.4, -0.2) is 46.9 Å². The summed E-state index contributed by atoms with van der Waals surface area (Å²) in [5.74, 6) is -0.503. The molecule has 0 saturated carbocycles. The zero-order valence-corrected chi connectivity index (χ0v) is 22.2. The highest BCUT2D eigenvalue weighted by atomic mass is 19.4. The molecule has 2 aliphatic heterocycles. The molecule has 40 heavy (non-hydrogen) atoms. The molecule has 10 heteroatoms. The van der Waals surface area contributed by atoms with Crippen LogP contribution in [0.1, 0.15) is 83.4 Å². The van der Waals surface area contributed by atoms with Gasteiger partial charge in [0.05, 0.1) is 22.8 Å². The predicted molar refractivity (Wildman–Crippen MR) is 144 cm³/mol. The van der Waals surface area contributed by atoms with E-state index >= 15 is 0 Å². The van der Waals surface area contributed by atoms with Crippen LogP contribution in [0.2, 0.25) is 0 Å². The van der Waals surface area contributed by atoms with Crippen molar-refractivity contribution in [1.82, 2.24) is 15.2 Å². The van der Waals surface area contributed by atoms with E-state index in [9.17, 15) is 27.6 Å². The molecule has 0 radical (unpaired) electrons. The van der Waals surface area contributed by atoms with Gasteiger partial charge in [0.1, 0.15) is 0 Å². The van der Waals surface area contributed by atoms with Crippen LogP contribution in [0.5, 0.6) is 0 Å². The molecule has 7 nitrogen and oxygen atoms in total. The molecule has 1 saturated heterocycles. The summed E-state index contributed by atoms with van der Waals surface area (Å²) in [6, 6.07) is 12.4. The Morgan fingerprint density at radius 2 is 1.65 bits per heavy atom. The van der Waals surface area contributed by atoms with Crippen molar-refractivity contribution in [2.75, 3.05) is 13.2 Å². The van der Waals surface area contributed by atoms with Gasteiger partial charge < -0.3 is 15.0 Å². The molecule has 2 aliphatic rings. The van der Waals surface area contributed by atoms with Gasteiger partial charge in [-0.25, -0.2) is 0 Å². The van der Waals surface area contributed by atoms with Crippen molar-refractivity contribution in [2.24, 2.45) is 0 Å². The van der Waals surface area contributed by atoms with Crippen LogP contribution in [-0.2, 0) is 10.9 Å². The number of amides is 2. The fraction of sp³-hybridized carbons (Fsp3) is 0.433. The number of carbonyl (C=O) groups is 2. The lowest BCUT2D eigenvalue weighted by molar-refractivity contribution is -0.136.